The van der Waals surface area contributed by atoms with Gasteiger partial charge in [0.1, 0.15) is 0 Å². The predicted octanol–water partition coefficient (Wildman–Crippen LogP) is 3.30. The van der Waals surface area contributed by atoms with E-state index >= 15 is 0 Å². The number of anilines is 1. The molecule has 0 aliphatic rings. The lowest BCUT2D eigenvalue weighted by atomic mass is 10.0. The molecule has 3 aromatic carbocycles. The van der Waals surface area contributed by atoms with Crippen molar-refractivity contribution in [1.29, 1.82) is 0 Å². The van der Waals surface area contributed by atoms with Crippen LogP contribution in [0.15, 0.2) is 66.7 Å². The number of amides is 1. The van der Waals surface area contributed by atoms with Gasteiger partial charge in [-0.1, -0.05) is 54.6 Å². The molecule has 2 N–H and O–H groups in total. The first kappa shape index (κ1) is 18.0. The third-order valence-corrected chi connectivity index (χ3v) is 4.52. The van der Waals surface area contributed by atoms with Gasteiger partial charge in [0, 0.05) is 26.3 Å². The molecule has 0 saturated carbocycles. The van der Waals surface area contributed by atoms with Crippen molar-refractivity contribution in [3.05, 3.63) is 77.9 Å². The molecule has 134 valence electrons. The molecule has 1 unspecified atom stereocenters. The van der Waals surface area contributed by atoms with Gasteiger partial charge < -0.3 is 15.3 Å². The number of aliphatic hydroxyl groups is 1. The summed E-state index contributed by atoms with van der Waals surface area (Å²) in [5, 5.41) is 15.4. The van der Waals surface area contributed by atoms with Gasteiger partial charge in [0.2, 0.25) is 5.91 Å². The van der Waals surface area contributed by atoms with Crippen LogP contribution in [0.5, 0.6) is 0 Å². The van der Waals surface area contributed by atoms with Gasteiger partial charge in [-0.15, -0.1) is 0 Å². The second-order valence-electron chi connectivity index (χ2n) is 6.62. The molecule has 0 radical (unpaired) electrons. The number of nitrogens with zero attached hydrogens (tertiary/aromatic N) is 1. The molecular formula is C22H24N2O2. The van der Waals surface area contributed by atoms with Crippen LogP contribution in [0.1, 0.15) is 17.2 Å². The smallest absolute Gasteiger partial charge is 0.224 e. The van der Waals surface area contributed by atoms with Crippen LogP contribution in [0.25, 0.3) is 10.8 Å². The van der Waals surface area contributed by atoms with Gasteiger partial charge >= 0.3 is 0 Å². The van der Waals surface area contributed by atoms with Crippen molar-refractivity contribution >= 4 is 22.4 Å². The maximum atomic E-state index is 12.3. The van der Waals surface area contributed by atoms with E-state index in [1.807, 2.05) is 85.7 Å². The molecule has 3 aromatic rings. The highest BCUT2D eigenvalue weighted by Crippen LogP contribution is 2.19. The van der Waals surface area contributed by atoms with Crippen LogP contribution in [0.2, 0.25) is 0 Å². The fraction of sp³-hybridized carbons (Fsp3) is 0.227. The second kappa shape index (κ2) is 8.02. The molecule has 0 saturated heterocycles. The molecule has 1 atom stereocenters. The third kappa shape index (κ3) is 4.21. The largest absolute Gasteiger partial charge is 0.387 e. The quantitative estimate of drug-likeness (QED) is 0.719. The lowest BCUT2D eigenvalue weighted by Crippen LogP contribution is -2.29. The minimum absolute atomic E-state index is 0.0923. The number of aliphatic hydroxyl groups excluding tert-OH is 1. The van der Waals surface area contributed by atoms with E-state index in [1.54, 1.807) is 0 Å². The van der Waals surface area contributed by atoms with Crippen molar-refractivity contribution in [2.75, 3.05) is 25.5 Å². The maximum Gasteiger partial charge on any atom is 0.224 e. The number of benzene rings is 3. The number of rotatable bonds is 6. The van der Waals surface area contributed by atoms with Crippen molar-refractivity contribution in [2.24, 2.45) is 0 Å². The standard InChI is InChI=1S/C22H24N2O2/c1-24(2)19-12-10-17(11-13-19)21(25)15-23-22(26)14-18-8-5-7-16-6-3-4-9-20(16)18/h3-13,21,25H,14-15H2,1-2H3,(H,23,26). The number of hydrogen-bond acceptors (Lipinski definition) is 3. The van der Waals surface area contributed by atoms with Crippen LogP contribution in [0.3, 0.4) is 0 Å². The fourth-order valence-corrected chi connectivity index (χ4v) is 3.01. The van der Waals surface area contributed by atoms with Crippen molar-refractivity contribution in [1.82, 2.24) is 5.32 Å². The van der Waals surface area contributed by atoms with E-state index in [0.29, 0.717) is 6.42 Å². The Morgan fingerprint density at radius 1 is 1.00 bits per heavy atom. The Morgan fingerprint density at radius 2 is 1.69 bits per heavy atom. The van der Waals surface area contributed by atoms with E-state index in [0.717, 1.165) is 27.6 Å². The third-order valence-electron chi connectivity index (χ3n) is 4.52. The Bertz CT molecular complexity index is 883. The molecular weight excluding hydrogens is 324 g/mol. The van der Waals surface area contributed by atoms with Crippen LogP contribution in [-0.4, -0.2) is 31.7 Å². The van der Waals surface area contributed by atoms with Crippen LogP contribution >= 0.6 is 0 Å². The average Bonchev–Trinajstić information content (AvgIpc) is 2.66. The Hall–Kier alpha value is -2.85. The summed E-state index contributed by atoms with van der Waals surface area (Å²) < 4.78 is 0. The summed E-state index contributed by atoms with van der Waals surface area (Å²) in [6.07, 6.45) is -0.420. The molecule has 26 heavy (non-hydrogen) atoms. The van der Waals surface area contributed by atoms with Gasteiger partial charge in [-0.05, 0) is 34.0 Å². The van der Waals surface area contributed by atoms with Crippen molar-refractivity contribution < 1.29 is 9.90 Å². The monoisotopic (exact) mass is 348 g/mol. The topological polar surface area (TPSA) is 52.6 Å². The zero-order valence-corrected chi connectivity index (χ0v) is 15.1. The molecule has 0 bridgehead atoms. The molecule has 3 rings (SSSR count). The molecule has 1 amide bonds. The molecule has 0 heterocycles. The van der Waals surface area contributed by atoms with Gasteiger partial charge in [0.05, 0.1) is 12.5 Å². The molecule has 0 fully saturated rings. The number of carbonyl (C=O) groups excluding carboxylic acids is 1. The summed E-state index contributed by atoms with van der Waals surface area (Å²) >= 11 is 0. The predicted molar refractivity (Wildman–Crippen MR) is 106 cm³/mol. The van der Waals surface area contributed by atoms with Gasteiger partial charge in [-0.2, -0.15) is 0 Å². The van der Waals surface area contributed by atoms with Crippen molar-refractivity contribution in [3.63, 3.8) is 0 Å². The number of carbonyl (C=O) groups is 1. The summed E-state index contributed by atoms with van der Waals surface area (Å²) in [5.74, 6) is -0.0923. The van der Waals surface area contributed by atoms with Crippen molar-refractivity contribution in [2.45, 2.75) is 12.5 Å². The van der Waals surface area contributed by atoms with Gasteiger partial charge in [0.15, 0.2) is 0 Å². The minimum Gasteiger partial charge on any atom is -0.387 e. The van der Waals surface area contributed by atoms with E-state index in [1.165, 1.54) is 0 Å². The van der Waals surface area contributed by atoms with Gasteiger partial charge in [0.25, 0.3) is 0 Å². The van der Waals surface area contributed by atoms with Crippen LogP contribution in [-0.2, 0) is 11.2 Å². The zero-order chi connectivity index (χ0) is 18.5. The summed E-state index contributed by atoms with van der Waals surface area (Å²) in [4.78, 5) is 14.3. The first-order chi connectivity index (χ1) is 12.5. The molecule has 0 aliphatic heterocycles. The number of nitrogens with one attached hydrogen (secondary N) is 1. The Balaban J connectivity index is 1.59. The summed E-state index contributed by atoms with van der Waals surface area (Å²) in [7, 11) is 3.94. The van der Waals surface area contributed by atoms with Crippen LogP contribution in [0.4, 0.5) is 5.69 Å². The number of fused-ring (bicyclic) bond motifs is 1. The summed E-state index contributed by atoms with van der Waals surface area (Å²) in [6, 6.07) is 21.7. The van der Waals surface area contributed by atoms with Crippen molar-refractivity contribution in [3.8, 4) is 0 Å². The van der Waals surface area contributed by atoms with E-state index in [9.17, 15) is 9.90 Å². The molecule has 4 heteroatoms. The lowest BCUT2D eigenvalue weighted by Gasteiger charge is -2.16. The normalized spacial score (nSPS) is 12.0. The van der Waals surface area contributed by atoms with Gasteiger partial charge in [-0.3, -0.25) is 4.79 Å². The Labute approximate surface area is 154 Å². The highest BCUT2D eigenvalue weighted by Gasteiger charge is 2.11. The first-order valence-electron chi connectivity index (χ1n) is 8.73. The number of hydrogen-bond donors (Lipinski definition) is 2. The van der Waals surface area contributed by atoms with Gasteiger partial charge in [-0.25, -0.2) is 0 Å². The lowest BCUT2D eigenvalue weighted by molar-refractivity contribution is -0.120. The van der Waals surface area contributed by atoms with E-state index < -0.39 is 6.10 Å². The van der Waals surface area contributed by atoms with E-state index in [-0.39, 0.29) is 12.5 Å². The minimum atomic E-state index is -0.720. The van der Waals surface area contributed by atoms with Crippen LogP contribution in [0, 0.1) is 0 Å². The molecule has 0 aromatic heterocycles. The summed E-state index contributed by atoms with van der Waals surface area (Å²) in [5.41, 5.74) is 2.85. The van der Waals surface area contributed by atoms with Crippen LogP contribution < -0.4 is 10.2 Å². The SMILES string of the molecule is CN(C)c1ccc(C(O)CNC(=O)Cc2cccc3ccccc23)cc1. The fourth-order valence-electron chi connectivity index (χ4n) is 3.01. The van der Waals surface area contributed by atoms with E-state index in [4.69, 9.17) is 0 Å². The Morgan fingerprint density at radius 3 is 2.42 bits per heavy atom. The molecule has 4 nitrogen and oxygen atoms in total. The zero-order valence-electron chi connectivity index (χ0n) is 15.1. The van der Waals surface area contributed by atoms with E-state index in [2.05, 4.69) is 5.32 Å². The maximum absolute atomic E-state index is 12.3. The average molecular weight is 348 g/mol. The Kier molecular flexibility index (Phi) is 5.54. The molecule has 0 aliphatic carbocycles. The highest BCUT2D eigenvalue weighted by molar-refractivity contribution is 5.90. The highest BCUT2D eigenvalue weighted by atomic mass is 16.3. The first-order valence-corrected chi connectivity index (χ1v) is 8.73. The molecule has 0 spiro atoms. The second-order valence-corrected chi connectivity index (χ2v) is 6.62. The summed E-state index contributed by atoms with van der Waals surface area (Å²) in [6.45, 7) is 0.199.